The fourth-order valence-corrected chi connectivity index (χ4v) is 1.45. The Morgan fingerprint density at radius 1 is 1.33 bits per heavy atom. The number of nitrogens with one attached hydrogen (secondary N) is 1. The number of aryl methyl sites for hydroxylation is 1. The van der Waals surface area contributed by atoms with Crippen LogP contribution in [0.5, 0.6) is 0 Å². The summed E-state index contributed by atoms with van der Waals surface area (Å²) in [5.74, 6) is 0.648. The van der Waals surface area contributed by atoms with Gasteiger partial charge in [0, 0.05) is 11.8 Å². The van der Waals surface area contributed by atoms with E-state index in [9.17, 15) is 9.18 Å². The fraction of sp³-hybridized carbons (Fsp3) is 0.0714. The van der Waals surface area contributed by atoms with Gasteiger partial charge < -0.3 is 9.73 Å². The van der Waals surface area contributed by atoms with Crippen molar-refractivity contribution >= 4 is 17.7 Å². The minimum atomic E-state index is -0.390. The molecule has 92 valence electrons. The molecule has 2 rings (SSSR count). The van der Waals surface area contributed by atoms with Crippen LogP contribution in [0.1, 0.15) is 11.5 Å². The molecule has 0 aliphatic heterocycles. The van der Waals surface area contributed by atoms with Gasteiger partial charge in [0.1, 0.15) is 17.3 Å². The molecule has 3 nitrogen and oxygen atoms in total. The van der Waals surface area contributed by atoms with Gasteiger partial charge in [0.25, 0.3) is 0 Å². The van der Waals surface area contributed by atoms with Crippen molar-refractivity contribution in [1.82, 2.24) is 0 Å². The van der Waals surface area contributed by atoms with Gasteiger partial charge in [-0.25, -0.2) is 4.39 Å². The fourth-order valence-electron chi connectivity index (χ4n) is 1.45. The number of furan rings is 1. The summed E-state index contributed by atoms with van der Waals surface area (Å²) in [7, 11) is 0. The number of anilines is 1. The standard InChI is InChI=1S/C14H12FNO2/c1-10-5-6-13(18-10)7-8-14(17)16-12-4-2-3-11(15)9-12/h2-9H,1H3,(H,16,17)/b8-7-. The van der Waals surface area contributed by atoms with Crippen LogP contribution in [0.4, 0.5) is 10.1 Å². The lowest BCUT2D eigenvalue weighted by atomic mass is 10.3. The Labute approximate surface area is 104 Å². The van der Waals surface area contributed by atoms with Gasteiger partial charge in [-0.1, -0.05) is 6.07 Å². The minimum Gasteiger partial charge on any atom is -0.462 e. The molecule has 2 aromatic rings. The van der Waals surface area contributed by atoms with Crippen LogP contribution in [0.2, 0.25) is 0 Å². The van der Waals surface area contributed by atoms with Crippen molar-refractivity contribution in [3.8, 4) is 0 Å². The summed E-state index contributed by atoms with van der Waals surface area (Å²) < 4.78 is 18.2. The topological polar surface area (TPSA) is 42.2 Å². The lowest BCUT2D eigenvalue weighted by molar-refractivity contribution is -0.111. The molecule has 4 heteroatoms. The Morgan fingerprint density at radius 2 is 2.17 bits per heavy atom. The first-order valence-corrected chi connectivity index (χ1v) is 5.44. The number of hydrogen-bond donors (Lipinski definition) is 1. The van der Waals surface area contributed by atoms with Gasteiger partial charge in [-0.15, -0.1) is 0 Å². The van der Waals surface area contributed by atoms with Crippen LogP contribution >= 0.6 is 0 Å². The van der Waals surface area contributed by atoms with Crippen molar-refractivity contribution in [3.05, 3.63) is 59.8 Å². The van der Waals surface area contributed by atoms with Gasteiger partial charge in [0.05, 0.1) is 0 Å². The molecule has 1 amide bonds. The number of rotatable bonds is 3. The molecule has 0 radical (unpaired) electrons. The zero-order chi connectivity index (χ0) is 13.0. The maximum atomic E-state index is 12.9. The summed E-state index contributed by atoms with van der Waals surface area (Å²) in [5, 5.41) is 2.55. The first-order chi connectivity index (χ1) is 8.63. The molecule has 0 aliphatic rings. The van der Waals surface area contributed by atoms with Crippen molar-refractivity contribution in [1.29, 1.82) is 0 Å². The van der Waals surface area contributed by atoms with E-state index >= 15 is 0 Å². The quantitative estimate of drug-likeness (QED) is 0.842. The normalized spacial score (nSPS) is 10.8. The molecular formula is C14H12FNO2. The Bertz CT molecular complexity index is 587. The van der Waals surface area contributed by atoms with E-state index < -0.39 is 5.82 Å². The van der Waals surface area contributed by atoms with Crippen LogP contribution < -0.4 is 5.32 Å². The van der Waals surface area contributed by atoms with Crippen LogP contribution in [-0.4, -0.2) is 5.91 Å². The lowest BCUT2D eigenvalue weighted by Crippen LogP contribution is -2.07. The van der Waals surface area contributed by atoms with Crippen molar-refractivity contribution in [3.63, 3.8) is 0 Å². The van der Waals surface area contributed by atoms with Crippen LogP contribution in [0.3, 0.4) is 0 Å². The third kappa shape index (κ3) is 3.31. The highest BCUT2D eigenvalue weighted by molar-refractivity contribution is 6.01. The van der Waals surface area contributed by atoms with Gasteiger partial charge in [-0.3, -0.25) is 4.79 Å². The molecule has 0 saturated heterocycles. The molecule has 0 spiro atoms. The Morgan fingerprint density at radius 3 is 2.83 bits per heavy atom. The van der Waals surface area contributed by atoms with E-state index in [1.807, 2.05) is 13.0 Å². The molecule has 1 heterocycles. The third-order valence-corrected chi connectivity index (χ3v) is 2.25. The summed E-state index contributed by atoms with van der Waals surface area (Å²) in [6.45, 7) is 1.82. The number of benzene rings is 1. The zero-order valence-electron chi connectivity index (χ0n) is 9.81. The second-order valence-corrected chi connectivity index (χ2v) is 3.78. The van der Waals surface area contributed by atoms with E-state index in [0.29, 0.717) is 11.4 Å². The number of hydrogen-bond acceptors (Lipinski definition) is 2. The third-order valence-electron chi connectivity index (χ3n) is 2.25. The van der Waals surface area contributed by atoms with E-state index in [-0.39, 0.29) is 5.91 Å². The first kappa shape index (κ1) is 12.1. The van der Waals surface area contributed by atoms with Gasteiger partial charge in [0.15, 0.2) is 0 Å². The van der Waals surface area contributed by atoms with Gasteiger partial charge in [-0.2, -0.15) is 0 Å². The molecule has 0 unspecified atom stereocenters. The molecule has 0 aliphatic carbocycles. The van der Waals surface area contributed by atoms with Crippen molar-refractivity contribution < 1.29 is 13.6 Å². The average molecular weight is 245 g/mol. The molecule has 0 bridgehead atoms. The van der Waals surface area contributed by atoms with Crippen molar-refractivity contribution in [2.24, 2.45) is 0 Å². The number of halogens is 1. The van der Waals surface area contributed by atoms with E-state index in [2.05, 4.69) is 5.32 Å². The van der Waals surface area contributed by atoms with E-state index in [1.165, 1.54) is 24.3 Å². The van der Waals surface area contributed by atoms with Gasteiger partial charge in [-0.05, 0) is 43.3 Å². The largest absolute Gasteiger partial charge is 0.462 e. The Balaban J connectivity index is 1.98. The number of carbonyl (C=O) groups is 1. The second-order valence-electron chi connectivity index (χ2n) is 3.78. The molecule has 1 N–H and O–H groups in total. The monoisotopic (exact) mass is 245 g/mol. The van der Waals surface area contributed by atoms with Gasteiger partial charge in [0.2, 0.25) is 5.91 Å². The highest BCUT2D eigenvalue weighted by atomic mass is 19.1. The summed E-state index contributed by atoms with van der Waals surface area (Å²) in [5.41, 5.74) is 0.417. The minimum absolute atomic E-state index is 0.338. The highest BCUT2D eigenvalue weighted by Crippen LogP contribution is 2.10. The first-order valence-electron chi connectivity index (χ1n) is 5.44. The van der Waals surface area contributed by atoms with Crippen LogP contribution in [0.25, 0.3) is 6.08 Å². The summed E-state index contributed by atoms with van der Waals surface area (Å²) in [4.78, 5) is 11.5. The highest BCUT2D eigenvalue weighted by Gasteiger charge is 2.00. The zero-order valence-corrected chi connectivity index (χ0v) is 9.81. The van der Waals surface area contributed by atoms with Crippen molar-refractivity contribution in [2.45, 2.75) is 6.92 Å². The summed E-state index contributed by atoms with van der Waals surface area (Å²) >= 11 is 0. The van der Waals surface area contributed by atoms with Crippen LogP contribution in [0, 0.1) is 12.7 Å². The maximum Gasteiger partial charge on any atom is 0.248 e. The SMILES string of the molecule is Cc1ccc(/C=C\C(=O)Nc2cccc(F)c2)o1. The molecule has 0 fully saturated rings. The smallest absolute Gasteiger partial charge is 0.248 e. The van der Waals surface area contributed by atoms with Crippen molar-refractivity contribution in [2.75, 3.05) is 5.32 Å². The lowest BCUT2D eigenvalue weighted by Gasteiger charge is -2.00. The van der Waals surface area contributed by atoms with Gasteiger partial charge >= 0.3 is 0 Å². The maximum absolute atomic E-state index is 12.9. The molecule has 0 atom stereocenters. The summed E-state index contributed by atoms with van der Waals surface area (Å²) in [6, 6.07) is 9.29. The second kappa shape index (κ2) is 5.31. The Kier molecular flexibility index (Phi) is 3.57. The number of amides is 1. The molecular weight excluding hydrogens is 233 g/mol. The van der Waals surface area contributed by atoms with Crippen LogP contribution in [0.15, 0.2) is 46.9 Å². The van der Waals surface area contributed by atoms with E-state index in [4.69, 9.17) is 4.42 Å². The molecule has 0 saturated carbocycles. The van der Waals surface area contributed by atoms with E-state index in [1.54, 1.807) is 18.2 Å². The predicted molar refractivity (Wildman–Crippen MR) is 67.5 cm³/mol. The molecule has 1 aromatic heterocycles. The summed E-state index contributed by atoms with van der Waals surface area (Å²) in [6.07, 6.45) is 2.89. The number of carbonyl (C=O) groups excluding carboxylic acids is 1. The predicted octanol–water partition coefficient (Wildman–Crippen LogP) is 3.38. The molecule has 1 aromatic carbocycles. The van der Waals surface area contributed by atoms with Crippen LogP contribution in [-0.2, 0) is 4.79 Å². The van der Waals surface area contributed by atoms with E-state index in [0.717, 1.165) is 5.76 Å². The Hall–Kier alpha value is -2.36. The molecule has 18 heavy (non-hydrogen) atoms. The average Bonchev–Trinajstić information content (AvgIpc) is 2.73.